The van der Waals surface area contributed by atoms with E-state index in [0.717, 1.165) is 6.54 Å². The van der Waals surface area contributed by atoms with Gasteiger partial charge in [-0.05, 0) is 33.3 Å². The van der Waals surface area contributed by atoms with Crippen LogP contribution < -0.4 is 5.32 Å². The lowest BCUT2D eigenvalue weighted by atomic mass is 9.95. The minimum absolute atomic E-state index is 0.0236. The lowest BCUT2D eigenvalue weighted by Gasteiger charge is -2.43. The SMILES string of the molecule is CC(c1ccccc1)N1CC(C)(O)CNCC1(C)C. The third-order valence-electron chi connectivity index (χ3n) is 4.10. The first-order valence-corrected chi connectivity index (χ1v) is 7.07. The molecule has 1 fully saturated rings. The molecule has 0 radical (unpaired) electrons. The van der Waals surface area contributed by atoms with E-state index < -0.39 is 5.60 Å². The normalized spacial score (nSPS) is 29.7. The lowest BCUT2D eigenvalue weighted by Crippen LogP contribution is -2.51. The van der Waals surface area contributed by atoms with Crippen LogP contribution in [0.25, 0.3) is 0 Å². The fourth-order valence-electron chi connectivity index (χ4n) is 2.95. The summed E-state index contributed by atoms with van der Waals surface area (Å²) in [6.45, 7) is 10.8. The molecule has 2 atom stereocenters. The number of hydrogen-bond acceptors (Lipinski definition) is 3. The molecule has 0 spiro atoms. The van der Waals surface area contributed by atoms with Crippen molar-refractivity contribution >= 4 is 0 Å². The molecule has 0 aromatic heterocycles. The molecule has 2 rings (SSSR count). The Morgan fingerprint density at radius 2 is 1.79 bits per heavy atom. The van der Waals surface area contributed by atoms with Gasteiger partial charge in [0.15, 0.2) is 0 Å². The minimum atomic E-state index is -0.684. The summed E-state index contributed by atoms with van der Waals surface area (Å²) in [5.41, 5.74) is 0.639. The maximum absolute atomic E-state index is 10.4. The maximum Gasteiger partial charge on any atom is 0.0870 e. The van der Waals surface area contributed by atoms with Crippen molar-refractivity contribution in [2.45, 2.75) is 44.9 Å². The molecule has 0 bridgehead atoms. The maximum atomic E-state index is 10.4. The molecule has 2 N–H and O–H groups in total. The molecule has 19 heavy (non-hydrogen) atoms. The smallest absolute Gasteiger partial charge is 0.0870 e. The van der Waals surface area contributed by atoms with Crippen LogP contribution in [0, 0.1) is 0 Å². The molecule has 1 aliphatic heterocycles. The van der Waals surface area contributed by atoms with Crippen LogP contribution >= 0.6 is 0 Å². The summed E-state index contributed by atoms with van der Waals surface area (Å²) in [4.78, 5) is 2.41. The highest BCUT2D eigenvalue weighted by Crippen LogP contribution is 2.31. The minimum Gasteiger partial charge on any atom is -0.388 e. The van der Waals surface area contributed by atoms with Gasteiger partial charge in [-0.15, -0.1) is 0 Å². The van der Waals surface area contributed by atoms with Crippen molar-refractivity contribution in [3.8, 4) is 0 Å². The van der Waals surface area contributed by atoms with Crippen LogP contribution in [0.5, 0.6) is 0 Å². The van der Waals surface area contributed by atoms with E-state index in [1.54, 1.807) is 0 Å². The highest BCUT2D eigenvalue weighted by Gasteiger charge is 2.38. The van der Waals surface area contributed by atoms with Gasteiger partial charge >= 0.3 is 0 Å². The van der Waals surface area contributed by atoms with Gasteiger partial charge in [0.25, 0.3) is 0 Å². The Kier molecular flexibility index (Phi) is 4.00. The van der Waals surface area contributed by atoms with Gasteiger partial charge in [-0.1, -0.05) is 30.3 Å². The molecule has 0 amide bonds. The number of nitrogens with zero attached hydrogens (tertiary/aromatic N) is 1. The van der Waals surface area contributed by atoms with E-state index in [9.17, 15) is 5.11 Å². The van der Waals surface area contributed by atoms with E-state index in [1.807, 2.05) is 13.0 Å². The molecular formula is C16H26N2O. The van der Waals surface area contributed by atoms with Gasteiger partial charge in [-0.2, -0.15) is 0 Å². The molecular weight excluding hydrogens is 236 g/mol. The Balaban J connectivity index is 2.28. The summed E-state index contributed by atoms with van der Waals surface area (Å²) >= 11 is 0. The van der Waals surface area contributed by atoms with Crippen molar-refractivity contribution in [3.63, 3.8) is 0 Å². The van der Waals surface area contributed by atoms with Gasteiger partial charge in [0.2, 0.25) is 0 Å². The summed E-state index contributed by atoms with van der Waals surface area (Å²) in [7, 11) is 0. The Hall–Kier alpha value is -0.900. The average molecular weight is 262 g/mol. The van der Waals surface area contributed by atoms with Crippen LogP contribution in [0.3, 0.4) is 0 Å². The average Bonchev–Trinajstić information content (AvgIpc) is 2.45. The van der Waals surface area contributed by atoms with Gasteiger partial charge in [0, 0.05) is 31.2 Å². The third kappa shape index (κ3) is 3.35. The highest BCUT2D eigenvalue weighted by atomic mass is 16.3. The fourth-order valence-corrected chi connectivity index (χ4v) is 2.95. The fraction of sp³-hybridized carbons (Fsp3) is 0.625. The first-order chi connectivity index (χ1) is 8.82. The zero-order valence-electron chi connectivity index (χ0n) is 12.5. The van der Waals surface area contributed by atoms with E-state index in [-0.39, 0.29) is 5.54 Å². The Labute approximate surface area is 116 Å². The Morgan fingerprint density at radius 3 is 2.42 bits per heavy atom. The van der Waals surface area contributed by atoms with Crippen molar-refractivity contribution in [3.05, 3.63) is 35.9 Å². The van der Waals surface area contributed by atoms with E-state index in [1.165, 1.54) is 5.56 Å². The predicted octanol–water partition coefficient (Wildman–Crippen LogP) is 2.18. The number of nitrogens with one attached hydrogen (secondary N) is 1. The third-order valence-corrected chi connectivity index (χ3v) is 4.10. The summed E-state index contributed by atoms with van der Waals surface area (Å²) in [6, 6.07) is 10.8. The molecule has 1 saturated heterocycles. The van der Waals surface area contributed by atoms with Gasteiger partial charge < -0.3 is 10.4 Å². The van der Waals surface area contributed by atoms with E-state index >= 15 is 0 Å². The van der Waals surface area contributed by atoms with Crippen LogP contribution in [0.4, 0.5) is 0 Å². The zero-order chi connectivity index (χ0) is 14.1. The molecule has 1 aromatic carbocycles. The summed E-state index contributed by atoms with van der Waals surface area (Å²) in [5.74, 6) is 0. The standard InChI is InChI=1S/C16H26N2O/c1-13(14-8-6-5-7-9-14)18-12-16(4,19)11-17-10-15(18,2)3/h5-9,13,17,19H,10-12H2,1-4H3. The molecule has 1 aromatic rings. The number of rotatable bonds is 2. The monoisotopic (exact) mass is 262 g/mol. The van der Waals surface area contributed by atoms with E-state index in [2.05, 4.69) is 55.3 Å². The molecule has 1 aliphatic rings. The van der Waals surface area contributed by atoms with Crippen LogP contribution in [0.15, 0.2) is 30.3 Å². The van der Waals surface area contributed by atoms with Gasteiger partial charge in [-0.3, -0.25) is 4.90 Å². The van der Waals surface area contributed by atoms with Gasteiger partial charge in [0.05, 0.1) is 5.60 Å². The van der Waals surface area contributed by atoms with Crippen molar-refractivity contribution < 1.29 is 5.11 Å². The predicted molar refractivity (Wildman–Crippen MR) is 79.1 cm³/mol. The number of hydrogen-bond donors (Lipinski definition) is 2. The second-order valence-corrected chi connectivity index (χ2v) is 6.63. The van der Waals surface area contributed by atoms with Crippen LogP contribution in [-0.2, 0) is 0 Å². The van der Waals surface area contributed by atoms with Crippen molar-refractivity contribution in [1.82, 2.24) is 10.2 Å². The van der Waals surface area contributed by atoms with Crippen molar-refractivity contribution in [1.29, 1.82) is 0 Å². The van der Waals surface area contributed by atoms with Crippen LogP contribution in [0.2, 0.25) is 0 Å². The lowest BCUT2D eigenvalue weighted by molar-refractivity contribution is -0.00835. The molecule has 106 valence electrons. The summed E-state index contributed by atoms with van der Waals surface area (Å²) in [5, 5.41) is 13.8. The number of benzene rings is 1. The zero-order valence-corrected chi connectivity index (χ0v) is 12.5. The van der Waals surface area contributed by atoms with Gasteiger partial charge in [-0.25, -0.2) is 0 Å². The quantitative estimate of drug-likeness (QED) is 0.857. The summed E-state index contributed by atoms with van der Waals surface area (Å²) < 4.78 is 0. The van der Waals surface area contributed by atoms with Crippen molar-refractivity contribution in [2.75, 3.05) is 19.6 Å². The molecule has 2 unspecified atom stereocenters. The summed E-state index contributed by atoms with van der Waals surface area (Å²) in [6.07, 6.45) is 0. The molecule has 0 aliphatic carbocycles. The van der Waals surface area contributed by atoms with E-state index in [4.69, 9.17) is 0 Å². The first-order valence-electron chi connectivity index (χ1n) is 7.07. The largest absolute Gasteiger partial charge is 0.388 e. The Morgan fingerprint density at radius 1 is 1.16 bits per heavy atom. The topological polar surface area (TPSA) is 35.5 Å². The van der Waals surface area contributed by atoms with E-state index in [0.29, 0.717) is 19.1 Å². The molecule has 3 heteroatoms. The molecule has 0 saturated carbocycles. The first kappa shape index (κ1) is 14.5. The Bertz CT molecular complexity index is 414. The number of aliphatic hydroxyl groups is 1. The second-order valence-electron chi connectivity index (χ2n) is 6.63. The van der Waals surface area contributed by atoms with Crippen LogP contribution in [0.1, 0.15) is 39.3 Å². The molecule has 1 heterocycles. The van der Waals surface area contributed by atoms with Gasteiger partial charge in [0.1, 0.15) is 0 Å². The van der Waals surface area contributed by atoms with Crippen LogP contribution in [-0.4, -0.2) is 40.8 Å². The van der Waals surface area contributed by atoms with Crippen molar-refractivity contribution in [2.24, 2.45) is 0 Å². The second kappa shape index (κ2) is 5.23. The number of β-amino-alcohol motifs (C(OH)–C–C–N with tert-alkyl or cyclic N) is 1. The highest BCUT2D eigenvalue weighted by molar-refractivity contribution is 5.19. The molecule has 3 nitrogen and oxygen atoms in total.